The first-order chi connectivity index (χ1) is 11.8. The maximum Gasteiger partial charge on any atom is 0.256 e. The molecule has 4 heteroatoms. The van der Waals surface area contributed by atoms with Gasteiger partial charge in [0, 0.05) is 13.1 Å². The predicted octanol–water partition coefficient (Wildman–Crippen LogP) is 3.66. The number of carbonyl (C=O) groups excluding carboxylic acids is 1. The van der Waals surface area contributed by atoms with Crippen LogP contribution in [-0.4, -0.2) is 33.9 Å². The standard InChI is InChI=1S/C20H21N3O/c24-20(17-7-4-8-18-19(17)22-14-21-18)23-11-9-16(10-12-23)13-15-5-2-1-3-6-15/h1-8,14,16H,9-13H2,(H,21,22). The number of aromatic nitrogens is 2. The van der Waals surface area contributed by atoms with Crippen LogP contribution in [0.1, 0.15) is 28.8 Å². The predicted molar refractivity (Wildman–Crippen MR) is 94.9 cm³/mol. The number of benzene rings is 2. The van der Waals surface area contributed by atoms with Crippen LogP contribution in [0, 0.1) is 5.92 Å². The summed E-state index contributed by atoms with van der Waals surface area (Å²) in [5.41, 5.74) is 3.78. The molecule has 3 aromatic rings. The number of hydrogen-bond acceptors (Lipinski definition) is 2. The van der Waals surface area contributed by atoms with E-state index in [4.69, 9.17) is 0 Å². The van der Waals surface area contributed by atoms with E-state index in [1.54, 1.807) is 6.33 Å². The van der Waals surface area contributed by atoms with Gasteiger partial charge in [-0.25, -0.2) is 4.98 Å². The van der Waals surface area contributed by atoms with Crippen molar-refractivity contribution in [3.8, 4) is 0 Å². The van der Waals surface area contributed by atoms with Crippen molar-refractivity contribution in [2.75, 3.05) is 13.1 Å². The molecule has 0 aliphatic carbocycles. The number of piperidine rings is 1. The second kappa shape index (κ2) is 6.48. The number of fused-ring (bicyclic) bond motifs is 1. The first-order valence-electron chi connectivity index (χ1n) is 8.56. The molecule has 4 nitrogen and oxygen atoms in total. The van der Waals surface area contributed by atoms with Gasteiger partial charge in [0.1, 0.15) is 5.52 Å². The molecule has 0 atom stereocenters. The summed E-state index contributed by atoms with van der Waals surface area (Å²) in [7, 11) is 0. The Bertz CT molecular complexity index is 832. The van der Waals surface area contributed by atoms with E-state index in [2.05, 4.69) is 40.3 Å². The van der Waals surface area contributed by atoms with Gasteiger partial charge < -0.3 is 9.88 Å². The van der Waals surface area contributed by atoms with Crippen LogP contribution in [-0.2, 0) is 6.42 Å². The number of carbonyl (C=O) groups is 1. The lowest BCUT2D eigenvalue weighted by Gasteiger charge is -2.32. The quantitative estimate of drug-likeness (QED) is 0.801. The van der Waals surface area contributed by atoms with Crippen LogP contribution >= 0.6 is 0 Å². The van der Waals surface area contributed by atoms with Gasteiger partial charge in [0.2, 0.25) is 0 Å². The van der Waals surface area contributed by atoms with Gasteiger partial charge in [0.15, 0.2) is 0 Å². The summed E-state index contributed by atoms with van der Waals surface area (Å²) in [4.78, 5) is 22.2. The molecule has 2 heterocycles. The second-order valence-electron chi connectivity index (χ2n) is 6.53. The number of nitrogens with zero attached hydrogens (tertiary/aromatic N) is 2. The monoisotopic (exact) mass is 319 g/mol. The van der Waals surface area contributed by atoms with Gasteiger partial charge in [-0.05, 0) is 42.9 Å². The third kappa shape index (κ3) is 2.92. The number of nitrogens with one attached hydrogen (secondary N) is 1. The Morgan fingerprint density at radius 2 is 1.88 bits per heavy atom. The minimum Gasteiger partial charge on any atom is -0.345 e. The average molecular weight is 319 g/mol. The van der Waals surface area contributed by atoms with Crippen molar-refractivity contribution in [2.24, 2.45) is 5.92 Å². The Kier molecular flexibility index (Phi) is 4.03. The summed E-state index contributed by atoms with van der Waals surface area (Å²) >= 11 is 0. The number of likely N-dealkylation sites (tertiary alicyclic amines) is 1. The third-order valence-electron chi connectivity index (χ3n) is 4.95. The fourth-order valence-electron chi connectivity index (χ4n) is 3.60. The molecule has 1 amide bonds. The average Bonchev–Trinajstić information content (AvgIpc) is 3.11. The molecule has 0 unspecified atom stereocenters. The molecule has 1 N–H and O–H groups in total. The minimum absolute atomic E-state index is 0.103. The molecule has 24 heavy (non-hydrogen) atoms. The topological polar surface area (TPSA) is 49.0 Å². The zero-order valence-electron chi connectivity index (χ0n) is 13.6. The summed E-state index contributed by atoms with van der Waals surface area (Å²) in [5.74, 6) is 0.767. The molecule has 2 aromatic carbocycles. The van der Waals surface area contributed by atoms with Crippen molar-refractivity contribution in [1.82, 2.24) is 14.9 Å². The molecule has 122 valence electrons. The highest BCUT2D eigenvalue weighted by molar-refractivity contribution is 6.04. The molecule has 1 aliphatic heterocycles. The number of para-hydroxylation sites is 1. The van der Waals surface area contributed by atoms with Gasteiger partial charge in [-0.3, -0.25) is 4.79 Å². The normalized spacial score (nSPS) is 15.8. The van der Waals surface area contributed by atoms with Gasteiger partial charge in [-0.15, -0.1) is 0 Å². The molecular weight excluding hydrogens is 298 g/mol. The van der Waals surface area contributed by atoms with E-state index < -0.39 is 0 Å². The molecule has 0 saturated carbocycles. The fraction of sp³-hybridized carbons (Fsp3) is 0.300. The van der Waals surface area contributed by atoms with Gasteiger partial charge in [0.25, 0.3) is 5.91 Å². The molecule has 0 radical (unpaired) electrons. The van der Waals surface area contributed by atoms with Gasteiger partial charge in [0.05, 0.1) is 17.4 Å². The number of hydrogen-bond donors (Lipinski definition) is 1. The van der Waals surface area contributed by atoms with Crippen LogP contribution in [0.4, 0.5) is 0 Å². The van der Waals surface area contributed by atoms with Crippen LogP contribution in [0.5, 0.6) is 0 Å². The second-order valence-corrected chi connectivity index (χ2v) is 6.53. The zero-order valence-corrected chi connectivity index (χ0v) is 13.6. The van der Waals surface area contributed by atoms with Gasteiger partial charge in [-0.1, -0.05) is 36.4 Å². The molecule has 0 bridgehead atoms. The lowest BCUT2D eigenvalue weighted by atomic mass is 9.90. The molecular formula is C20H21N3O. The van der Waals surface area contributed by atoms with Gasteiger partial charge >= 0.3 is 0 Å². The molecule has 0 spiro atoms. The van der Waals surface area contributed by atoms with Crippen molar-refractivity contribution >= 4 is 16.9 Å². The Hall–Kier alpha value is -2.62. The van der Waals surface area contributed by atoms with Crippen molar-refractivity contribution in [2.45, 2.75) is 19.3 Å². The van der Waals surface area contributed by atoms with Gasteiger partial charge in [-0.2, -0.15) is 0 Å². The Morgan fingerprint density at radius 3 is 2.67 bits per heavy atom. The van der Waals surface area contributed by atoms with E-state index in [0.717, 1.165) is 43.4 Å². The highest BCUT2D eigenvalue weighted by atomic mass is 16.2. The first-order valence-corrected chi connectivity index (χ1v) is 8.56. The summed E-state index contributed by atoms with van der Waals surface area (Å²) in [6.07, 6.45) is 4.89. The smallest absolute Gasteiger partial charge is 0.256 e. The zero-order chi connectivity index (χ0) is 16.4. The van der Waals surface area contributed by atoms with Crippen LogP contribution in [0.15, 0.2) is 54.9 Å². The first kappa shape index (κ1) is 14.9. The van der Waals surface area contributed by atoms with Crippen LogP contribution in [0.3, 0.4) is 0 Å². The lowest BCUT2D eigenvalue weighted by molar-refractivity contribution is 0.0692. The molecule has 1 aliphatic rings. The number of aromatic amines is 1. The fourth-order valence-corrected chi connectivity index (χ4v) is 3.60. The third-order valence-corrected chi connectivity index (χ3v) is 4.95. The molecule has 1 saturated heterocycles. The van der Waals surface area contributed by atoms with Crippen LogP contribution in [0.25, 0.3) is 11.0 Å². The number of amides is 1. The molecule has 1 aromatic heterocycles. The Balaban J connectivity index is 1.42. The highest BCUT2D eigenvalue weighted by Gasteiger charge is 2.25. The maximum atomic E-state index is 12.8. The summed E-state index contributed by atoms with van der Waals surface area (Å²) < 4.78 is 0. The van der Waals surface area contributed by atoms with E-state index in [-0.39, 0.29) is 5.91 Å². The summed E-state index contributed by atoms with van der Waals surface area (Å²) in [6, 6.07) is 16.4. The summed E-state index contributed by atoms with van der Waals surface area (Å²) in [6.45, 7) is 1.66. The van der Waals surface area contributed by atoms with Crippen molar-refractivity contribution < 1.29 is 4.79 Å². The van der Waals surface area contributed by atoms with Crippen LogP contribution in [0.2, 0.25) is 0 Å². The maximum absolute atomic E-state index is 12.8. The molecule has 1 fully saturated rings. The van der Waals surface area contributed by atoms with E-state index in [0.29, 0.717) is 11.5 Å². The summed E-state index contributed by atoms with van der Waals surface area (Å²) in [5, 5.41) is 0. The Morgan fingerprint density at radius 1 is 1.08 bits per heavy atom. The van der Waals surface area contributed by atoms with Crippen molar-refractivity contribution in [1.29, 1.82) is 0 Å². The largest absolute Gasteiger partial charge is 0.345 e. The minimum atomic E-state index is 0.103. The van der Waals surface area contributed by atoms with Crippen molar-refractivity contribution in [3.05, 3.63) is 66.0 Å². The SMILES string of the molecule is O=C(c1cccc2[nH]cnc12)N1CCC(Cc2ccccc2)CC1. The van der Waals surface area contributed by atoms with Crippen molar-refractivity contribution in [3.63, 3.8) is 0 Å². The highest BCUT2D eigenvalue weighted by Crippen LogP contribution is 2.24. The number of H-pyrrole nitrogens is 1. The van der Waals surface area contributed by atoms with E-state index in [1.165, 1.54) is 5.56 Å². The van der Waals surface area contributed by atoms with E-state index in [1.807, 2.05) is 23.1 Å². The lowest BCUT2D eigenvalue weighted by Crippen LogP contribution is -2.39. The number of rotatable bonds is 3. The van der Waals surface area contributed by atoms with E-state index in [9.17, 15) is 4.79 Å². The Labute approximate surface area is 141 Å². The van der Waals surface area contributed by atoms with Crippen LogP contribution < -0.4 is 0 Å². The van der Waals surface area contributed by atoms with E-state index >= 15 is 0 Å². The number of imidazole rings is 1. The molecule has 4 rings (SSSR count).